The van der Waals surface area contributed by atoms with Crippen molar-refractivity contribution in [3.05, 3.63) is 78.0 Å². The van der Waals surface area contributed by atoms with Crippen LogP contribution in [-0.4, -0.2) is 4.98 Å². The van der Waals surface area contributed by atoms with E-state index in [9.17, 15) is 8.78 Å². The molecule has 0 spiro atoms. The van der Waals surface area contributed by atoms with E-state index in [1.807, 2.05) is 6.07 Å². The van der Waals surface area contributed by atoms with Crippen molar-refractivity contribution in [2.24, 2.45) is 0 Å². The molecule has 0 aliphatic carbocycles. The molecule has 1 aromatic heterocycles. The first-order valence-electron chi connectivity index (χ1n) is 6.59. The molecule has 4 heteroatoms. The lowest BCUT2D eigenvalue weighted by molar-refractivity contribution is 0.627. The van der Waals surface area contributed by atoms with Crippen LogP contribution in [0.4, 0.5) is 8.78 Å². The molecule has 3 aromatic rings. The van der Waals surface area contributed by atoms with E-state index in [0.29, 0.717) is 16.8 Å². The molecule has 2 nitrogen and oxygen atoms in total. The highest BCUT2D eigenvalue weighted by Gasteiger charge is 2.11. The maximum absolute atomic E-state index is 13.1. The van der Waals surface area contributed by atoms with E-state index in [1.165, 1.54) is 30.5 Å². The quantitative estimate of drug-likeness (QED) is 0.694. The second-order valence-electron chi connectivity index (χ2n) is 4.75. The summed E-state index contributed by atoms with van der Waals surface area (Å²) >= 11 is 0. The molecular weight excluding hydrogens is 282 g/mol. The van der Waals surface area contributed by atoms with E-state index in [2.05, 4.69) is 4.98 Å². The van der Waals surface area contributed by atoms with Gasteiger partial charge in [-0.2, -0.15) is 5.26 Å². The molecule has 0 aliphatic rings. The maximum Gasteiger partial charge on any atom is 0.123 e. The average molecular weight is 292 g/mol. The van der Waals surface area contributed by atoms with Gasteiger partial charge in [0.2, 0.25) is 0 Å². The molecule has 0 saturated carbocycles. The summed E-state index contributed by atoms with van der Waals surface area (Å²) in [5.41, 5.74) is 3.19. The van der Waals surface area contributed by atoms with Gasteiger partial charge in [0.25, 0.3) is 0 Å². The number of nitrogens with zero attached hydrogens (tertiary/aromatic N) is 2. The maximum atomic E-state index is 13.1. The van der Waals surface area contributed by atoms with Gasteiger partial charge >= 0.3 is 0 Å². The van der Waals surface area contributed by atoms with Crippen LogP contribution in [0.2, 0.25) is 0 Å². The van der Waals surface area contributed by atoms with Gasteiger partial charge < -0.3 is 0 Å². The Hall–Kier alpha value is -3.06. The predicted molar refractivity (Wildman–Crippen MR) is 79.7 cm³/mol. The van der Waals surface area contributed by atoms with Crippen LogP contribution in [0.25, 0.3) is 22.4 Å². The van der Waals surface area contributed by atoms with E-state index in [0.717, 1.165) is 11.1 Å². The molecule has 1 heterocycles. The monoisotopic (exact) mass is 292 g/mol. The van der Waals surface area contributed by atoms with Crippen molar-refractivity contribution in [1.29, 1.82) is 5.26 Å². The highest BCUT2D eigenvalue weighted by atomic mass is 19.1. The smallest absolute Gasteiger partial charge is 0.123 e. The third-order valence-corrected chi connectivity index (χ3v) is 3.29. The first kappa shape index (κ1) is 13.9. The van der Waals surface area contributed by atoms with E-state index in [4.69, 9.17) is 5.26 Å². The average Bonchev–Trinajstić information content (AvgIpc) is 2.56. The third-order valence-electron chi connectivity index (χ3n) is 3.29. The van der Waals surface area contributed by atoms with Crippen molar-refractivity contribution < 1.29 is 8.78 Å². The third kappa shape index (κ3) is 2.70. The Kier molecular flexibility index (Phi) is 3.63. The van der Waals surface area contributed by atoms with Gasteiger partial charge in [0.15, 0.2) is 0 Å². The molecule has 0 aliphatic heterocycles. The van der Waals surface area contributed by atoms with Gasteiger partial charge in [0, 0.05) is 17.3 Å². The highest BCUT2D eigenvalue weighted by Crippen LogP contribution is 2.31. The topological polar surface area (TPSA) is 36.7 Å². The standard InChI is InChI=1S/C18H10F2N2/c19-15-5-1-13(2-6-15)17-9-12(10-21)11-22-18(17)14-3-7-16(20)8-4-14/h1-9,11H. The van der Waals surface area contributed by atoms with Crippen LogP contribution in [0.15, 0.2) is 60.8 Å². The number of benzene rings is 2. The Morgan fingerprint density at radius 1 is 0.818 bits per heavy atom. The predicted octanol–water partition coefficient (Wildman–Crippen LogP) is 4.57. The second-order valence-corrected chi connectivity index (χ2v) is 4.75. The first-order valence-corrected chi connectivity index (χ1v) is 6.59. The molecule has 3 rings (SSSR count). The summed E-state index contributed by atoms with van der Waals surface area (Å²) in [7, 11) is 0. The zero-order chi connectivity index (χ0) is 15.5. The van der Waals surface area contributed by atoms with E-state index in [1.54, 1.807) is 30.3 Å². The summed E-state index contributed by atoms with van der Waals surface area (Å²) in [6.07, 6.45) is 1.46. The van der Waals surface area contributed by atoms with E-state index >= 15 is 0 Å². The molecule has 2 aromatic carbocycles. The zero-order valence-corrected chi connectivity index (χ0v) is 11.4. The number of aromatic nitrogens is 1. The van der Waals surface area contributed by atoms with E-state index < -0.39 is 0 Å². The van der Waals surface area contributed by atoms with E-state index in [-0.39, 0.29) is 11.6 Å². The largest absolute Gasteiger partial charge is 0.254 e. The normalized spacial score (nSPS) is 10.2. The van der Waals surface area contributed by atoms with Crippen molar-refractivity contribution in [2.45, 2.75) is 0 Å². The molecule has 0 bridgehead atoms. The van der Waals surface area contributed by atoms with Gasteiger partial charge in [0.1, 0.15) is 17.7 Å². The summed E-state index contributed by atoms with van der Waals surface area (Å²) in [5, 5.41) is 9.05. The van der Waals surface area contributed by atoms with Crippen molar-refractivity contribution in [3.63, 3.8) is 0 Å². The lowest BCUT2D eigenvalue weighted by Gasteiger charge is -2.10. The fraction of sp³-hybridized carbons (Fsp3) is 0. The first-order chi connectivity index (χ1) is 10.7. The molecule has 106 valence electrons. The lowest BCUT2D eigenvalue weighted by atomic mass is 9.98. The van der Waals surface area contributed by atoms with Crippen LogP contribution in [0.1, 0.15) is 5.56 Å². The molecule has 0 radical (unpaired) electrons. The van der Waals surface area contributed by atoms with Gasteiger partial charge in [0.05, 0.1) is 11.3 Å². The molecular formula is C18H10F2N2. The summed E-state index contributed by atoms with van der Waals surface area (Å²) < 4.78 is 26.2. The number of halogens is 2. The van der Waals surface area contributed by atoms with Crippen LogP contribution >= 0.6 is 0 Å². The Labute approximate surface area is 126 Å². The van der Waals surface area contributed by atoms with Crippen molar-refractivity contribution in [2.75, 3.05) is 0 Å². The lowest BCUT2D eigenvalue weighted by Crippen LogP contribution is -1.92. The molecule has 22 heavy (non-hydrogen) atoms. The minimum atomic E-state index is -0.337. The zero-order valence-electron chi connectivity index (χ0n) is 11.4. The molecule has 0 unspecified atom stereocenters. The van der Waals surface area contributed by atoms with Crippen molar-refractivity contribution in [3.8, 4) is 28.5 Å². The number of pyridine rings is 1. The number of rotatable bonds is 2. The Morgan fingerprint density at radius 3 is 1.91 bits per heavy atom. The number of nitriles is 1. The van der Waals surface area contributed by atoms with Gasteiger partial charge in [-0.3, -0.25) is 4.98 Å². The van der Waals surface area contributed by atoms with Crippen molar-refractivity contribution in [1.82, 2.24) is 4.98 Å². The van der Waals surface area contributed by atoms with Gasteiger partial charge in [-0.05, 0) is 48.0 Å². The molecule has 0 amide bonds. The fourth-order valence-corrected chi connectivity index (χ4v) is 2.21. The molecule has 0 saturated heterocycles. The minimum Gasteiger partial charge on any atom is -0.254 e. The summed E-state index contributed by atoms with van der Waals surface area (Å²) in [4.78, 5) is 4.31. The molecule has 0 atom stereocenters. The Bertz CT molecular complexity index is 848. The summed E-state index contributed by atoms with van der Waals surface area (Å²) in [5.74, 6) is -0.669. The summed E-state index contributed by atoms with van der Waals surface area (Å²) in [6.45, 7) is 0. The fourth-order valence-electron chi connectivity index (χ4n) is 2.21. The highest BCUT2D eigenvalue weighted by molar-refractivity contribution is 5.81. The second kappa shape index (κ2) is 5.74. The van der Waals surface area contributed by atoms with Crippen LogP contribution < -0.4 is 0 Å². The van der Waals surface area contributed by atoms with Gasteiger partial charge in [-0.1, -0.05) is 12.1 Å². The van der Waals surface area contributed by atoms with Gasteiger partial charge in [-0.15, -0.1) is 0 Å². The summed E-state index contributed by atoms with van der Waals surface area (Å²) in [6, 6.07) is 15.6. The Morgan fingerprint density at radius 2 is 1.36 bits per heavy atom. The molecule has 0 N–H and O–H groups in total. The number of hydrogen-bond acceptors (Lipinski definition) is 2. The van der Waals surface area contributed by atoms with Crippen LogP contribution in [0, 0.1) is 23.0 Å². The number of hydrogen-bond donors (Lipinski definition) is 0. The van der Waals surface area contributed by atoms with Crippen LogP contribution in [-0.2, 0) is 0 Å². The Balaban J connectivity index is 2.20. The van der Waals surface area contributed by atoms with Crippen molar-refractivity contribution >= 4 is 0 Å². The minimum absolute atomic E-state index is 0.333. The van der Waals surface area contributed by atoms with Gasteiger partial charge in [-0.25, -0.2) is 8.78 Å². The van der Waals surface area contributed by atoms with Crippen LogP contribution in [0.5, 0.6) is 0 Å². The molecule has 0 fully saturated rings. The SMILES string of the molecule is N#Cc1cnc(-c2ccc(F)cc2)c(-c2ccc(F)cc2)c1. The van der Waals surface area contributed by atoms with Crippen LogP contribution in [0.3, 0.4) is 0 Å².